The summed E-state index contributed by atoms with van der Waals surface area (Å²) in [6.45, 7) is 14.7. The first-order valence-electron chi connectivity index (χ1n) is 7.03. The Hall–Kier alpha value is -3.09. The van der Waals surface area contributed by atoms with E-state index in [1.807, 2.05) is 22.6 Å². The zero-order valence-corrected chi connectivity index (χ0v) is 14.1. The molecule has 0 amide bonds. The van der Waals surface area contributed by atoms with Crippen LogP contribution in [0.4, 0.5) is 11.4 Å². The number of halogens is 1. The molecule has 0 aliphatic carbocycles. The van der Waals surface area contributed by atoms with Crippen LogP contribution < -0.4 is 4.74 Å². The van der Waals surface area contributed by atoms with Crippen molar-refractivity contribution in [2.24, 2.45) is 0 Å². The summed E-state index contributed by atoms with van der Waals surface area (Å²) in [5.74, 6) is 0.742. The molecule has 0 aliphatic rings. The van der Waals surface area contributed by atoms with Gasteiger partial charge in [0.2, 0.25) is 0 Å². The lowest BCUT2D eigenvalue weighted by Gasteiger charge is -2.11. The van der Waals surface area contributed by atoms with Gasteiger partial charge in [-0.25, -0.2) is 4.98 Å². The van der Waals surface area contributed by atoms with Crippen LogP contribution in [-0.4, -0.2) is 16.5 Å². The number of ether oxygens (including phenoxy) is 1. The van der Waals surface area contributed by atoms with Crippen molar-refractivity contribution >= 4 is 54.6 Å². The predicted molar refractivity (Wildman–Crippen MR) is 97.0 cm³/mol. The number of methoxy groups -OCH3 is 1. The SMILES string of the molecule is [C-]#[N+]c1cc2c3ccc(OC)cc3c3ncc(Br)n3c2cc1[N+]#[C-]. The number of benzene rings is 2. The molecule has 0 atom stereocenters. The highest BCUT2D eigenvalue weighted by atomic mass is 79.9. The van der Waals surface area contributed by atoms with Crippen LogP contribution in [0.25, 0.3) is 37.0 Å². The summed E-state index contributed by atoms with van der Waals surface area (Å²) >= 11 is 3.52. The maximum absolute atomic E-state index is 7.34. The van der Waals surface area contributed by atoms with Crippen LogP contribution in [0.3, 0.4) is 0 Å². The van der Waals surface area contributed by atoms with Gasteiger partial charge in [-0.3, -0.25) is 14.1 Å². The minimum absolute atomic E-state index is 0.340. The van der Waals surface area contributed by atoms with Gasteiger partial charge >= 0.3 is 0 Å². The zero-order chi connectivity index (χ0) is 16.8. The third-order valence-corrected chi connectivity index (χ3v) is 4.61. The molecular formula is C18H9BrN4O. The first-order valence-corrected chi connectivity index (χ1v) is 7.82. The molecule has 2 aromatic carbocycles. The summed E-state index contributed by atoms with van der Waals surface area (Å²) in [6.07, 6.45) is 1.73. The smallest absolute Gasteiger partial charge is 0.196 e. The summed E-state index contributed by atoms with van der Waals surface area (Å²) in [4.78, 5) is 11.5. The van der Waals surface area contributed by atoms with E-state index in [9.17, 15) is 0 Å². The molecule has 2 heterocycles. The van der Waals surface area contributed by atoms with E-state index in [2.05, 4.69) is 30.6 Å². The molecule has 0 fully saturated rings. The third kappa shape index (κ3) is 1.87. The fourth-order valence-corrected chi connectivity index (χ4v) is 3.43. The fourth-order valence-electron chi connectivity index (χ4n) is 2.97. The first kappa shape index (κ1) is 14.5. The van der Waals surface area contributed by atoms with E-state index < -0.39 is 0 Å². The van der Waals surface area contributed by atoms with Gasteiger partial charge in [0.05, 0.1) is 26.5 Å². The van der Waals surface area contributed by atoms with Crippen LogP contribution in [0.15, 0.2) is 41.1 Å². The summed E-state index contributed by atoms with van der Waals surface area (Å²) in [5.41, 5.74) is 2.30. The Morgan fingerprint density at radius 1 is 1.04 bits per heavy atom. The second-order valence-electron chi connectivity index (χ2n) is 5.23. The second-order valence-corrected chi connectivity index (χ2v) is 6.05. The number of fused-ring (bicyclic) bond motifs is 6. The van der Waals surface area contributed by atoms with E-state index in [1.165, 1.54) is 0 Å². The molecule has 0 saturated heterocycles. The second kappa shape index (κ2) is 5.23. The molecule has 4 aromatic rings. The molecule has 0 N–H and O–H groups in total. The van der Waals surface area contributed by atoms with Crippen LogP contribution in [0, 0.1) is 13.1 Å². The lowest BCUT2D eigenvalue weighted by atomic mass is 10.0. The van der Waals surface area contributed by atoms with Crippen LogP contribution in [0.5, 0.6) is 5.75 Å². The lowest BCUT2D eigenvalue weighted by molar-refractivity contribution is 0.415. The molecule has 0 aliphatic heterocycles. The molecular weight excluding hydrogens is 368 g/mol. The molecule has 24 heavy (non-hydrogen) atoms. The zero-order valence-electron chi connectivity index (χ0n) is 12.5. The molecule has 0 unspecified atom stereocenters. The highest BCUT2D eigenvalue weighted by Gasteiger charge is 2.15. The molecule has 4 rings (SSSR count). The van der Waals surface area contributed by atoms with E-state index in [0.717, 1.165) is 37.7 Å². The Kier molecular flexibility index (Phi) is 3.16. The largest absolute Gasteiger partial charge is 0.497 e. The van der Waals surface area contributed by atoms with Gasteiger partial charge in [0, 0.05) is 10.9 Å². The normalized spacial score (nSPS) is 10.8. The van der Waals surface area contributed by atoms with E-state index in [4.69, 9.17) is 17.9 Å². The van der Waals surface area contributed by atoms with Crippen LogP contribution >= 0.6 is 15.9 Å². The van der Waals surface area contributed by atoms with Crippen molar-refractivity contribution in [2.75, 3.05) is 7.11 Å². The number of hydrogen-bond acceptors (Lipinski definition) is 2. The molecule has 6 heteroatoms. The number of hydrogen-bond donors (Lipinski definition) is 0. The van der Waals surface area contributed by atoms with E-state index in [0.29, 0.717) is 11.4 Å². The quantitative estimate of drug-likeness (QED) is 0.324. The molecule has 114 valence electrons. The maximum Gasteiger partial charge on any atom is 0.196 e. The fraction of sp³-hybridized carbons (Fsp3) is 0.0556. The minimum Gasteiger partial charge on any atom is -0.497 e. The number of nitrogens with zero attached hydrogens (tertiary/aromatic N) is 4. The highest BCUT2D eigenvalue weighted by molar-refractivity contribution is 9.10. The summed E-state index contributed by atoms with van der Waals surface area (Å²) in [7, 11) is 1.62. The van der Waals surface area contributed by atoms with Gasteiger partial charge in [0.15, 0.2) is 11.4 Å². The lowest BCUT2D eigenvalue weighted by Crippen LogP contribution is -1.92. The highest BCUT2D eigenvalue weighted by Crippen LogP contribution is 2.39. The van der Waals surface area contributed by atoms with Crippen molar-refractivity contribution in [3.8, 4) is 5.75 Å². The summed E-state index contributed by atoms with van der Waals surface area (Å²) in [6, 6.07) is 9.31. The Morgan fingerprint density at radius 2 is 1.79 bits per heavy atom. The van der Waals surface area contributed by atoms with Gasteiger partial charge in [0.25, 0.3) is 0 Å². The van der Waals surface area contributed by atoms with Gasteiger partial charge in [-0.15, -0.1) is 0 Å². The molecule has 0 spiro atoms. The van der Waals surface area contributed by atoms with Crippen molar-refractivity contribution in [1.82, 2.24) is 9.38 Å². The minimum atomic E-state index is 0.340. The maximum atomic E-state index is 7.34. The predicted octanol–water partition coefficient (Wildman–Crippen LogP) is 5.51. The van der Waals surface area contributed by atoms with Crippen molar-refractivity contribution in [1.29, 1.82) is 0 Å². The standard InChI is InChI=1S/C18H9BrN4O/c1-20-14-7-12-11-5-4-10(24-3)6-13(11)18-22-9-17(19)23(18)16(12)8-15(14)21-2/h4-9H,3H3. The number of pyridine rings is 1. The molecule has 0 radical (unpaired) electrons. The Bertz CT molecular complexity index is 1230. The van der Waals surface area contributed by atoms with Gasteiger partial charge in [-0.1, -0.05) is 6.07 Å². The molecule has 5 nitrogen and oxygen atoms in total. The first-order chi connectivity index (χ1) is 11.7. The van der Waals surface area contributed by atoms with Crippen LogP contribution in [0.1, 0.15) is 0 Å². The van der Waals surface area contributed by atoms with Gasteiger partial charge in [-0.05, 0) is 51.0 Å². The Labute approximate surface area is 145 Å². The summed E-state index contributed by atoms with van der Waals surface area (Å²) < 4.78 is 8.07. The number of aromatic nitrogens is 2. The Balaban J connectivity index is 2.34. The molecule has 0 bridgehead atoms. The van der Waals surface area contributed by atoms with Gasteiger partial charge < -0.3 is 4.74 Å². The van der Waals surface area contributed by atoms with Gasteiger partial charge in [-0.2, -0.15) is 0 Å². The molecule has 2 aromatic heterocycles. The number of rotatable bonds is 1. The topological polar surface area (TPSA) is 35.2 Å². The van der Waals surface area contributed by atoms with Gasteiger partial charge in [0.1, 0.15) is 16.0 Å². The average Bonchev–Trinajstić information content (AvgIpc) is 3.02. The summed E-state index contributed by atoms with van der Waals surface area (Å²) in [5, 5.41) is 2.80. The van der Waals surface area contributed by atoms with Crippen molar-refractivity contribution in [3.05, 3.63) is 64.0 Å². The van der Waals surface area contributed by atoms with Crippen molar-refractivity contribution < 1.29 is 4.74 Å². The van der Waals surface area contributed by atoms with E-state index in [-0.39, 0.29) is 0 Å². The van der Waals surface area contributed by atoms with E-state index >= 15 is 0 Å². The van der Waals surface area contributed by atoms with Crippen molar-refractivity contribution in [2.45, 2.75) is 0 Å². The monoisotopic (exact) mass is 376 g/mol. The van der Waals surface area contributed by atoms with Crippen LogP contribution in [0.2, 0.25) is 0 Å². The third-order valence-electron chi connectivity index (χ3n) is 4.05. The van der Waals surface area contributed by atoms with Crippen molar-refractivity contribution in [3.63, 3.8) is 0 Å². The van der Waals surface area contributed by atoms with E-state index in [1.54, 1.807) is 25.4 Å². The molecule has 0 saturated carbocycles. The number of imidazole rings is 1. The Morgan fingerprint density at radius 3 is 2.50 bits per heavy atom. The average molecular weight is 377 g/mol. The van der Waals surface area contributed by atoms with Crippen LogP contribution in [-0.2, 0) is 0 Å².